The highest BCUT2D eigenvalue weighted by molar-refractivity contribution is 5.02. The zero-order valence-electron chi connectivity index (χ0n) is 12.1. The number of hydrogen-bond donors (Lipinski definition) is 1. The summed E-state index contributed by atoms with van der Waals surface area (Å²) in [4.78, 5) is 2.77. The summed E-state index contributed by atoms with van der Waals surface area (Å²) in [5.74, 6) is 0.809. The Hall–Kier alpha value is -0.0800. The van der Waals surface area contributed by atoms with Crippen molar-refractivity contribution in [3.63, 3.8) is 0 Å². The van der Waals surface area contributed by atoms with E-state index < -0.39 is 0 Å². The van der Waals surface area contributed by atoms with Crippen LogP contribution in [-0.2, 0) is 0 Å². The topological polar surface area (TPSA) is 15.3 Å². The molecule has 1 saturated heterocycles. The molecule has 1 heterocycles. The third-order valence-corrected chi connectivity index (χ3v) is 5.12. The average Bonchev–Trinajstić information content (AvgIpc) is 2.76. The molecule has 2 nitrogen and oxygen atoms in total. The van der Waals surface area contributed by atoms with Gasteiger partial charge in [0.2, 0.25) is 0 Å². The number of piperazine rings is 1. The molecule has 1 aliphatic heterocycles. The molecule has 0 amide bonds. The highest BCUT2D eigenvalue weighted by atomic mass is 15.3. The monoisotopic (exact) mass is 238 g/mol. The minimum Gasteiger partial charge on any atom is -0.308 e. The van der Waals surface area contributed by atoms with Crippen molar-refractivity contribution in [3.8, 4) is 0 Å². The summed E-state index contributed by atoms with van der Waals surface area (Å²) in [5, 5.41) is 3.90. The molecule has 2 rings (SSSR count). The van der Waals surface area contributed by atoms with Gasteiger partial charge in [0, 0.05) is 30.7 Å². The van der Waals surface area contributed by atoms with Crippen LogP contribution in [0.3, 0.4) is 0 Å². The molecule has 1 saturated carbocycles. The van der Waals surface area contributed by atoms with Gasteiger partial charge in [0.05, 0.1) is 0 Å². The second-order valence-corrected chi connectivity index (χ2v) is 6.59. The number of hydrogen-bond acceptors (Lipinski definition) is 2. The Balaban J connectivity index is 2.07. The van der Waals surface area contributed by atoms with Gasteiger partial charge in [-0.1, -0.05) is 33.1 Å². The van der Waals surface area contributed by atoms with Crippen molar-refractivity contribution in [1.29, 1.82) is 0 Å². The first-order valence-corrected chi connectivity index (χ1v) is 7.59. The first kappa shape index (κ1) is 13.4. The number of nitrogens with one attached hydrogen (secondary N) is 1. The predicted octanol–water partition coefficient (Wildman–Crippen LogP) is 3.03. The van der Waals surface area contributed by atoms with Gasteiger partial charge < -0.3 is 5.32 Å². The van der Waals surface area contributed by atoms with Crippen LogP contribution >= 0.6 is 0 Å². The molecule has 0 aromatic carbocycles. The Morgan fingerprint density at radius 2 is 1.88 bits per heavy atom. The quantitative estimate of drug-likeness (QED) is 0.813. The largest absolute Gasteiger partial charge is 0.308 e. The first-order chi connectivity index (χ1) is 8.08. The highest BCUT2D eigenvalue weighted by Crippen LogP contribution is 2.35. The van der Waals surface area contributed by atoms with E-state index in [4.69, 9.17) is 0 Å². The summed E-state index contributed by atoms with van der Waals surface area (Å²) in [7, 11) is 0. The third kappa shape index (κ3) is 2.68. The van der Waals surface area contributed by atoms with E-state index in [1.165, 1.54) is 45.2 Å². The molecule has 0 aromatic rings. The number of rotatable bonds is 3. The number of nitrogens with zero attached hydrogens (tertiary/aromatic N) is 1. The summed E-state index contributed by atoms with van der Waals surface area (Å²) in [5.41, 5.74) is 0.466. The zero-order chi connectivity index (χ0) is 12.5. The maximum atomic E-state index is 3.90. The second-order valence-electron chi connectivity index (χ2n) is 6.59. The fraction of sp³-hybridized carbons (Fsp3) is 1.00. The molecule has 17 heavy (non-hydrogen) atoms. The SMILES string of the molecule is CCC(C)C1CNC2(CCCC2)CN1C(C)C. The van der Waals surface area contributed by atoms with Gasteiger partial charge in [-0.15, -0.1) is 0 Å². The van der Waals surface area contributed by atoms with Crippen LogP contribution in [0, 0.1) is 5.92 Å². The standard InChI is InChI=1S/C15H30N2/c1-5-13(4)14-10-16-15(8-6-7-9-15)11-17(14)12(2)3/h12-14,16H,5-11H2,1-4H3. The van der Waals surface area contributed by atoms with Gasteiger partial charge in [0.1, 0.15) is 0 Å². The van der Waals surface area contributed by atoms with Crippen LogP contribution in [0.15, 0.2) is 0 Å². The van der Waals surface area contributed by atoms with Gasteiger partial charge in [-0.25, -0.2) is 0 Å². The molecule has 2 aliphatic rings. The molecule has 100 valence electrons. The fourth-order valence-electron chi connectivity index (χ4n) is 3.71. The van der Waals surface area contributed by atoms with Crippen LogP contribution in [0.4, 0.5) is 0 Å². The molecule has 0 radical (unpaired) electrons. The van der Waals surface area contributed by atoms with Crippen LogP contribution in [-0.4, -0.2) is 35.6 Å². The average molecular weight is 238 g/mol. The first-order valence-electron chi connectivity index (χ1n) is 7.59. The normalized spacial score (nSPS) is 31.2. The maximum Gasteiger partial charge on any atom is 0.0309 e. The van der Waals surface area contributed by atoms with Gasteiger partial charge in [-0.05, 0) is 32.6 Å². The molecule has 1 aliphatic carbocycles. The van der Waals surface area contributed by atoms with Crippen molar-refractivity contribution < 1.29 is 0 Å². The molecule has 2 unspecified atom stereocenters. The van der Waals surface area contributed by atoms with Crippen molar-refractivity contribution in [1.82, 2.24) is 10.2 Å². The van der Waals surface area contributed by atoms with Crippen LogP contribution in [0.5, 0.6) is 0 Å². The molecule has 1 N–H and O–H groups in total. The summed E-state index contributed by atoms with van der Waals surface area (Å²) in [6.07, 6.45) is 6.93. The summed E-state index contributed by atoms with van der Waals surface area (Å²) in [6.45, 7) is 11.9. The summed E-state index contributed by atoms with van der Waals surface area (Å²) >= 11 is 0. The van der Waals surface area contributed by atoms with E-state index in [0.717, 1.165) is 12.0 Å². The van der Waals surface area contributed by atoms with E-state index in [9.17, 15) is 0 Å². The molecule has 1 spiro atoms. The summed E-state index contributed by atoms with van der Waals surface area (Å²) in [6, 6.07) is 1.43. The van der Waals surface area contributed by atoms with E-state index in [-0.39, 0.29) is 0 Å². The molecular formula is C15H30N2. The van der Waals surface area contributed by atoms with Crippen LogP contribution < -0.4 is 5.32 Å². The minimum atomic E-state index is 0.466. The lowest BCUT2D eigenvalue weighted by Gasteiger charge is -2.50. The van der Waals surface area contributed by atoms with Crippen molar-refractivity contribution in [3.05, 3.63) is 0 Å². The Morgan fingerprint density at radius 3 is 2.41 bits per heavy atom. The lowest BCUT2D eigenvalue weighted by atomic mass is 9.87. The maximum absolute atomic E-state index is 3.90. The molecule has 0 aromatic heterocycles. The molecule has 2 heteroatoms. The van der Waals surface area contributed by atoms with Gasteiger partial charge >= 0.3 is 0 Å². The molecule has 2 fully saturated rings. The fourth-order valence-corrected chi connectivity index (χ4v) is 3.71. The molecule has 2 atom stereocenters. The van der Waals surface area contributed by atoms with Crippen molar-refractivity contribution in [2.24, 2.45) is 5.92 Å². The van der Waals surface area contributed by atoms with Crippen LogP contribution in [0.25, 0.3) is 0 Å². The smallest absolute Gasteiger partial charge is 0.0309 e. The van der Waals surface area contributed by atoms with Crippen molar-refractivity contribution in [2.45, 2.75) is 77.4 Å². The second kappa shape index (κ2) is 5.27. The van der Waals surface area contributed by atoms with Gasteiger partial charge in [-0.3, -0.25) is 4.90 Å². The van der Waals surface area contributed by atoms with Gasteiger partial charge in [-0.2, -0.15) is 0 Å². The lowest BCUT2D eigenvalue weighted by molar-refractivity contribution is 0.0284. The van der Waals surface area contributed by atoms with Gasteiger partial charge in [0.15, 0.2) is 0 Å². The van der Waals surface area contributed by atoms with Crippen molar-refractivity contribution in [2.75, 3.05) is 13.1 Å². The van der Waals surface area contributed by atoms with E-state index >= 15 is 0 Å². The van der Waals surface area contributed by atoms with E-state index in [2.05, 4.69) is 37.9 Å². The minimum absolute atomic E-state index is 0.466. The van der Waals surface area contributed by atoms with E-state index in [1.807, 2.05) is 0 Å². The van der Waals surface area contributed by atoms with Crippen LogP contribution in [0.2, 0.25) is 0 Å². The highest BCUT2D eigenvalue weighted by Gasteiger charge is 2.42. The summed E-state index contributed by atoms with van der Waals surface area (Å²) < 4.78 is 0. The molecular weight excluding hydrogens is 208 g/mol. The zero-order valence-corrected chi connectivity index (χ0v) is 12.1. The Bertz CT molecular complexity index is 243. The van der Waals surface area contributed by atoms with E-state index in [1.54, 1.807) is 0 Å². The lowest BCUT2D eigenvalue weighted by Crippen LogP contribution is -2.65. The van der Waals surface area contributed by atoms with E-state index in [0.29, 0.717) is 11.6 Å². The third-order valence-electron chi connectivity index (χ3n) is 5.12. The Labute approximate surface area is 107 Å². The van der Waals surface area contributed by atoms with Gasteiger partial charge in [0.25, 0.3) is 0 Å². The predicted molar refractivity (Wildman–Crippen MR) is 74.3 cm³/mol. The Morgan fingerprint density at radius 1 is 1.24 bits per heavy atom. The van der Waals surface area contributed by atoms with Crippen LogP contribution in [0.1, 0.15) is 59.8 Å². The van der Waals surface area contributed by atoms with Crippen molar-refractivity contribution >= 4 is 0 Å². The Kier molecular flexibility index (Phi) is 4.14. The molecule has 0 bridgehead atoms.